The van der Waals surface area contributed by atoms with E-state index in [0.717, 1.165) is 13.3 Å². The number of aliphatic hydroxyl groups is 5. The molecule has 0 aromatic rings. The molecule has 0 heterocycles. The minimum absolute atomic E-state index is 0.260. The maximum atomic E-state index is 8.97. The van der Waals surface area contributed by atoms with Crippen molar-refractivity contribution in [1.29, 1.82) is 0 Å². The summed E-state index contributed by atoms with van der Waals surface area (Å²) < 4.78 is 0. The molecule has 0 bridgehead atoms. The van der Waals surface area contributed by atoms with Gasteiger partial charge in [0.2, 0.25) is 11.6 Å². The Morgan fingerprint density at radius 2 is 1.47 bits per heavy atom. The number of aliphatic hydroxyl groups excluding tert-OH is 1. The summed E-state index contributed by atoms with van der Waals surface area (Å²) in [6.07, 6.45) is 0.473. The predicted molar refractivity (Wildman–Crippen MR) is 62.4 cm³/mol. The van der Waals surface area contributed by atoms with Crippen molar-refractivity contribution in [1.82, 2.24) is 0 Å². The third kappa shape index (κ3) is 6.86. The zero-order chi connectivity index (χ0) is 14.3. The van der Waals surface area contributed by atoms with Crippen LogP contribution in [0.25, 0.3) is 0 Å². The molecule has 0 aromatic carbocycles. The van der Waals surface area contributed by atoms with Crippen LogP contribution in [0.15, 0.2) is 0 Å². The highest BCUT2D eigenvalue weighted by molar-refractivity contribution is 4.88. The Balaban J connectivity index is 0. The lowest BCUT2D eigenvalue weighted by molar-refractivity contribution is -0.354. The van der Waals surface area contributed by atoms with E-state index in [0.29, 0.717) is 6.54 Å². The van der Waals surface area contributed by atoms with Crippen molar-refractivity contribution in [2.75, 3.05) is 13.1 Å². The molecule has 0 saturated heterocycles. The first-order valence-corrected chi connectivity index (χ1v) is 5.27. The molecule has 0 aliphatic rings. The van der Waals surface area contributed by atoms with Gasteiger partial charge in [0.15, 0.2) is 0 Å². The summed E-state index contributed by atoms with van der Waals surface area (Å²) >= 11 is 0. The lowest BCUT2D eigenvalue weighted by Gasteiger charge is -2.35. The van der Waals surface area contributed by atoms with E-state index in [4.69, 9.17) is 42.7 Å². The predicted octanol–water partition coefficient (Wildman–Crippen LogP) is -3.63. The Morgan fingerprint density at radius 1 is 1.06 bits per heavy atom. The monoisotopic (exact) mass is 255 g/mol. The Kier molecular flexibility index (Phi) is 8.84. The topological polar surface area (TPSA) is 179 Å². The summed E-state index contributed by atoms with van der Waals surface area (Å²) in [4.78, 5) is 0. The van der Waals surface area contributed by atoms with Crippen molar-refractivity contribution in [3.8, 4) is 0 Å². The third-order valence-corrected chi connectivity index (χ3v) is 2.21. The molecule has 0 aliphatic carbocycles. The highest BCUT2D eigenvalue weighted by atomic mass is 16.6. The van der Waals surface area contributed by atoms with Crippen LogP contribution in [-0.2, 0) is 0 Å². The Morgan fingerprint density at radius 3 is 1.53 bits per heavy atom. The van der Waals surface area contributed by atoms with Crippen LogP contribution in [-0.4, -0.2) is 62.3 Å². The fourth-order valence-corrected chi connectivity index (χ4v) is 0.682. The van der Waals surface area contributed by atoms with Crippen LogP contribution < -0.4 is 17.2 Å². The highest BCUT2D eigenvalue weighted by Crippen LogP contribution is 2.18. The SMILES string of the molecule is CC(O)(O)C(O)(O)C(N)CN.CCC(O)CN. The van der Waals surface area contributed by atoms with Gasteiger partial charge in [0.05, 0.1) is 12.1 Å². The molecule has 0 spiro atoms. The molecule has 0 aromatic heterocycles. The second-order valence-electron chi connectivity index (χ2n) is 3.89. The number of hydrogen-bond donors (Lipinski definition) is 8. The molecular formula is C9H25N3O5. The molecule has 8 heteroatoms. The third-order valence-electron chi connectivity index (χ3n) is 2.21. The fraction of sp³-hybridized carbons (Fsp3) is 1.00. The minimum atomic E-state index is -2.79. The first kappa shape index (κ1) is 19.0. The first-order valence-electron chi connectivity index (χ1n) is 5.27. The van der Waals surface area contributed by atoms with E-state index in [9.17, 15) is 0 Å². The minimum Gasteiger partial charge on any atom is -0.392 e. The zero-order valence-electron chi connectivity index (χ0n) is 10.2. The number of nitrogens with two attached hydrogens (primary N) is 3. The Labute approximate surface area is 101 Å². The highest BCUT2D eigenvalue weighted by Gasteiger charge is 2.47. The molecule has 0 fully saturated rings. The molecule has 0 radical (unpaired) electrons. The van der Waals surface area contributed by atoms with Crippen molar-refractivity contribution in [2.45, 2.75) is 44.0 Å². The molecule has 17 heavy (non-hydrogen) atoms. The van der Waals surface area contributed by atoms with E-state index in [-0.39, 0.29) is 12.6 Å². The first-order chi connectivity index (χ1) is 7.54. The van der Waals surface area contributed by atoms with Gasteiger partial charge >= 0.3 is 0 Å². The molecule has 2 atom stereocenters. The van der Waals surface area contributed by atoms with Crippen LogP contribution >= 0.6 is 0 Å². The van der Waals surface area contributed by atoms with Crippen molar-refractivity contribution in [2.24, 2.45) is 17.2 Å². The maximum absolute atomic E-state index is 8.97. The van der Waals surface area contributed by atoms with Crippen molar-refractivity contribution in [3.05, 3.63) is 0 Å². The average Bonchev–Trinajstić information content (AvgIpc) is 2.25. The smallest absolute Gasteiger partial charge is 0.235 e. The van der Waals surface area contributed by atoms with Crippen LogP contribution in [0, 0.1) is 0 Å². The van der Waals surface area contributed by atoms with Crippen LogP contribution in [0.3, 0.4) is 0 Å². The summed E-state index contributed by atoms with van der Waals surface area (Å²) in [5.74, 6) is -5.46. The standard InChI is InChI=1S/C5H14N2O4.C4H11NO/c1-4(8,9)5(10,11)3(7)2-6;1-2-4(6)3-5/h3,8-11H,2,6-7H2,1H3;4,6H,2-3,5H2,1H3. The number of hydrogen-bond acceptors (Lipinski definition) is 8. The molecule has 0 saturated carbocycles. The summed E-state index contributed by atoms with van der Waals surface area (Å²) in [6, 6.07) is -1.30. The van der Waals surface area contributed by atoms with Gasteiger partial charge in [-0.1, -0.05) is 6.92 Å². The molecule has 11 N–H and O–H groups in total. The van der Waals surface area contributed by atoms with Gasteiger partial charge in [0.25, 0.3) is 0 Å². The second-order valence-corrected chi connectivity index (χ2v) is 3.89. The summed E-state index contributed by atoms with van der Waals surface area (Å²) in [5.41, 5.74) is 15.1. The van der Waals surface area contributed by atoms with Crippen molar-refractivity contribution >= 4 is 0 Å². The fourth-order valence-electron chi connectivity index (χ4n) is 0.682. The average molecular weight is 255 g/mol. The van der Waals surface area contributed by atoms with Crippen LogP contribution in [0.4, 0.5) is 0 Å². The molecule has 0 amide bonds. The van der Waals surface area contributed by atoms with Gasteiger partial charge in [-0.3, -0.25) is 0 Å². The molecule has 0 rings (SSSR count). The van der Waals surface area contributed by atoms with Gasteiger partial charge in [0.1, 0.15) is 0 Å². The summed E-state index contributed by atoms with van der Waals surface area (Å²) in [5, 5.41) is 44.0. The molecule has 106 valence electrons. The van der Waals surface area contributed by atoms with Crippen LogP contribution in [0.1, 0.15) is 20.3 Å². The maximum Gasteiger partial charge on any atom is 0.235 e. The zero-order valence-corrected chi connectivity index (χ0v) is 10.2. The van der Waals surface area contributed by atoms with Gasteiger partial charge in [-0.2, -0.15) is 0 Å². The quantitative estimate of drug-likeness (QED) is 0.232. The van der Waals surface area contributed by atoms with Gasteiger partial charge in [-0.15, -0.1) is 0 Å². The van der Waals surface area contributed by atoms with Crippen LogP contribution in [0.5, 0.6) is 0 Å². The van der Waals surface area contributed by atoms with Crippen LogP contribution in [0.2, 0.25) is 0 Å². The molecule has 2 unspecified atom stereocenters. The molecular weight excluding hydrogens is 230 g/mol. The van der Waals surface area contributed by atoms with Gasteiger partial charge in [0, 0.05) is 13.1 Å². The van der Waals surface area contributed by atoms with E-state index < -0.39 is 17.6 Å². The summed E-state index contributed by atoms with van der Waals surface area (Å²) in [6.45, 7) is 2.83. The lowest BCUT2D eigenvalue weighted by atomic mass is 10.00. The van der Waals surface area contributed by atoms with E-state index in [2.05, 4.69) is 0 Å². The summed E-state index contributed by atoms with van der Waals surface area (Å²) in [7, 11) is 0. The molecule has 8 nitrogen and oxygen atoms in total. The van der Waals surface area contributed by atoms with E-state index in [1.165, 1.54) is 0 Å². The molecule has 0 aliphatic heterocycles. The Bertz CT molecular complexity index is 192. The van der Waals surface area contributed by atoms with E-state index >= 15 is 0 Å². The lowest BCUT2D eigenvalue weighted by Crippen LogP contribution is -2.64. The van der Waals surface area contributed by atoms with Crippen molar-refractivity contribution in [3.63, 3.8) is 0 Å². The number of rotatable bonds is 5. The normalized spacial score (nSPS) is 15.9. The largest absolute Gasteiger partial charge is 0.392 e. The van der Waals surface area contributed by atoms with E-state index in [1.54, 1.807) is 0 Å². The van der Waals surface area contributed by atoms with Gasteiger partial charge in [-0.25, -0.2) is 0 Å². The van der Waals surface area contributed by atoms with E-state index in [1.807, 2.05) is 6.92 Å². The van der Waals surface area contributed by atoms with Gasteiger partial charge < -0.3 is 42.7 Å². The van der Waals surface area contributed by atoms with Gasteiger partial charge in [-0.05, 0) is 13.3 Å². The van der Waals surface area contributed by atoms with Crippen molar-refractivity contribution < 1.29 is 25.5 Å². The Hall–Kier alpha value is -0.320. The second kappa shape index (κ2) is 7.90.